The smallest absolute Gasteiger partial charge is 0.475 e. The van der Waals surface area contributed by atoms with E-state index in [1.165, 1.54) is 18.2 Å². The number of carboxylic acids is 1. The van der Waals surface area contributed by atoms with Crippen LogP contribution in [0.5, 0.6) is 0 Å². The second-order valence-corrected chi connectivity index (χ2v) is 8.93. The van der Waals surface area contributed by atoms with Crippen LogP contribution in [0, 0.1) is 0 Å². The third kappa shape index (κ3) is 6.81. The molecule has 34 heavy (non-hydrogen) atoms. The fourth-order valence-electron chi connectivity index (χ4n) is 2.67. The maximum absolute atomic E-state index is 12.6. The lowest BCUT2D eigenvalue weighted by Crippen LogP contribution is -2.25. The van der Waals surface area contributed by atoms with Gasteiger partial charge in [-0.05, 0) is 48.7 Å². The molecule has 1 aliphatic carbocycles. The quantitative estimate of drug-likeness (QED) is 0.412. The first-order valence-electron chi connectivity index (χ1n) is 9.79. The van der Waals surface area contributed by atoms with Crippen LogP contribution in [0.4, 0.5) is 18.9 Å². The van der Waals surface area contributed by atoms with Crippen molar-refractivity contribution in [2.75, 3.05) is 4.72 Å². The van der Waals surface area contributed by atoms with Gasteiger partial charge in [0.25, 0.3) is 15.9 Å². The van der Waals surface area contributed by atoms with Gasteiger partial charge in [-0.3, -0.25) is 14.6 Å². The van der Waals surface area contributed by atoms with Crippen molar-refractivity contribution >= 4 is 27.6 Å². The van der Waals surface area contributed by atoms with Crippen LogP contribution in [0.3, 0.4) is 0 Å². The summed E-state index contributed by atoms with van der Waals surface area (Å²) < 4.78 is 59.5. The van der Waals surface area contributed by atoms with Crippen molar-refractivity contribution in [3.63, 3.8) is 0 Å². The van der Waals surface area contributed by atoms with Crippen LogP contribution in [0.15, 0.2) is 65.8 Å². The van der Waals surface area contributed by atoms with Gasteiger partial charge < -0.3 is 10.4 Å². The van der Waals surface area contributed by atoms with Gasteiger partial charge >= 0.3 is 12.1 Å². The number of carboxylic acid groups (broad SMARTS) is 1. The van der Waals surface area contributed by atoms with Crippen molar-refractivity contribution in [3.8, 4) is 11.1 Å². The fourth-order valence-corrected chi connectivity index (χ4v) is 3.72. The topological polar surface area (TPSA) is 141 Å². The lowest BCUT2D eigenvalue weighted by molar-refractivity contribution is -0.192. The van der Waals surface area contributed by atoms with E-state index < -0.39 is 22.2 Å². The third-order valence-corrected chi connectivity index (χ3v) is 5.93. The second-order valence-electron chi connectivity index (χ2n) is 7.25. The molecule has 0 saturated heterocycles. The molecule has 1 heterocycles. The van der Waals surface area contributed by atoms with E-state index >= 15 is 0 Å². The van der Waals surface area contributed by atoms with Gasteiger partial charge in [-0.2, -0.15) is 18.3 Å². The molecule has 0 bridgehead atoms. The van der Waals surface area contributed by atoms with Crippen molar-refractivity contribution in [1.29, 1.82) is 0 Å². The highest BCUT2D eigenvalue weighted by atomic mass is 32.2. The van der Waals surface area contributed by atoms with E-state index in [1.54, 1.807) is 42.7 Å². The molecule has 0 atom stereocenters. The Labute approximate surface area is 192 Å². The van der Waals surface area contributed by atoms with E-state index in [2.05, 4.69) is 20.2 Å². The van der Waals surface area contributed by atoms with E-state index in [-0.39, 0.29) is 16.8 Å². The van der Waals surface area contributed by atoms with Gasteiger partial charge in [0.15, 0.2) is 0 Å². The van der Waals surface area contributed by atoms with Crippen molar-refractivity contribution in [3.05, 3.63) is 66.5 Å². The number of carbonyl (C=O) groups is 2. The summed E-state index contributed by atoms with van der Waals surface area (Å²) in [5.74, 6) is -2.95. The fraction of sp³-hybridized carbons (Fsp3) is 0.190. The first kappa shape index (κ1) is 24.8. The summed E-state index contributed by atoms with van der Waals surface area (Å²) in [5.41, 5.74) is 2.51. The number of aromatic amines is 1. The number of rotatable bonds is 6. The number of sulfonamides is 1. The van der Waals surface area contributed by atoms with Crippen LogP contribution in [0.1, 0.15) is 23.2 Å². The summed E-state index contributed by atoms with van der Waals surface area (Å²) in [4.78, 5) is 21.2. The summed E-state index contributed by atoms with van der Waals surface area (Å²) in [6, 6.07) is 13.2. The molecule has 0 unspecified atom stereocenters. The highest BCUT2D eigenvalue weighted by Crippen LogP contribution is 2.23. The molecule has 1 fully saturated rings. The molecule has 1 saturated carbocycles. The number of benzene rings is 2. The summed E-state index contributed by atoms with van der Waals surface area (Å²) in [7, 11) is -3.76. The highest BCUT2D eigenvalue weighted by molar-refractivity contribution is 7.92. The Morgan fingerprint density at radius 1 is 1.06 bits per heavy atom. The molecular formula is C21H19F3N4O5S. The van der Waals surface area contributed by atoms with Gasteiger partial charge in [0.2, 0.25) is 0 Å². The zero-order valence-corrected chi connectivity index (χ0v) is 18.2. The number of aliphatic carboxylic acids is 1. The molecule has 13 heteroatoms. The lowest BCUT2D eigenvalue weighted by Gasteiger charge is -2.10. The lowest BCUT2D eigenvalue weighted by atomic mass is 10.1. The standard InChI is InChI=1S/C19H18N4O3S.C2HF3O2/c24-19(22-16-6-7-16)14-2-1-3-17(10-14)23-27(25,26)18-8-4-13(5-9-18)15-11-20-21-12-15;3-2(4,5)1(6)7/h1-5,8-12,16,23H,6-7H2,(H,20,21)(H,22,24);(H,6,7). The Hall–Kier alpha value is -3.87. The molecular weight excluding hydrogens is 477 g/mol. The summed E-state index contributed by atoms with van der Waals surface area (Å²) in [6.45, 7) is 0. The molecule has 4 rings (SSSR count). The van der Waals surface area contributed by atoms with Crippen LogP contribution in [0.2, 0.25) is 0 Å². The minimum atomic E-state index is -5.08. The van der Waals surface area contributed by atoms with Crippen LogP contribution >= 0.6 is 0 Å². The maximum Gasteiger partial charge on any atom is 0.490 e. The summed E-state index contributed by atoms with van der Waals surface area (Å²) in [5, 5.41) is 16.6. The highest BCUT2D eigenvalue weighted by Gasteiger charge is 2.38. The summed E-state index contributed by atoms with van der Waals surface area (Å²) >= 11 is 0. The van der Waals surface area contributed by atoms with Gasteiger partial charge in [0.05, 0.1) is 11.1 Å². The average Bonchev–Trinajstić information content (AvgIpc) is 3.42. The first-order valence-corrected chi connectivity index (χ1v) is 11.3. The first-order chi connectivity index (χ1) is 16.0. The molecule has 3 aromatic rings. The normalized spacial score (nSPS) is 13.4. The van der Waals surface area contributed by atoms with Crippen molar-refractivity contribution in [1.82, 2.24) is 15.5 Å². The van der Waals surface area contributed by atoms with E-state index in [1.807, 2.05) is 0 Å². The number of alkyl halides is 3. The molecule has 0 aliphatic heterocycles. The van der Waals surface area contributed by atoms with Gasteiger partial charge in [-0.25, -0.2) is 13.2 Å². The number of H-pyrrole nitrogens is 1. The van der Waals surface area contributed by atoms with Crippen molar-refractivity contribution in [2.24, 2.45) is 0 Å². The molecule has 180 valence electrons. The number of halogens is 3. The molecule has 0 radical (unpaired) electrons. The number of carbonyl (C=O) groups excluding carboxylic acids is 1. The van der Waals surface area contributed by atoms with Crippen molar-refractivity contribution in [2.45, 2.75) is 30.0 Å². The van der Waals surface area contributed by atoms with Crippen LogP contribution in [-0.4, -0.2) is 47.8 Å². The molecule has 1 amide bonds. The van der Waals surface area contributed by atoms with E-state index in [0.29, 0.717) is 11.3 Å². The van der Waals surface area contributed by atoms with Gasteiger partial charge in [-0.15, -0.1) is 0 Å². The average molecular weight is 496 g/mol. The largest absolute Gasteiger partial charge is 0.490 e. The van der Waals surface area contributed by atoms with Gasteiger partial charge in [-0.1, -0.05) is 18.2 Å². The Balaban J connectivity index is 0.000000406. The van der Waals surface area contributed by atoms with E-state index in [9.17, 15) is 26.4 Å². The maximum atomic E-state index is 12.6. The van der Waals surface area contributed by atoms with Crippen molar-refractivity contribution < 1.29 is 36.3 Å². The number of anilines is 1. The number of amides is 1. The molecule has 4 N–H and O–H groups in total. The molecule has 2 aromatic carbocycles. The molecule has 9 nitrogen and oxygen atoms in total. The third-order valence-electron chi connectivity index (χ3n) is 4.53. The molecule has 1 aliphatic rings. The molecule has 0 spiro atoms. The SMILES string of the molecule is O=C(NC1CC1)c1cccc(NS(=O)(=O)c2ccc(-c3cn[nH]c3)cc2)c1.O=C(O)C(F)(F)F. The Morgan fingerprint density at radius 2 is 1.71 bits per heavy atom. The zero-order valence-electron chi connectivity index (χ0n) is 17.3. The number of hydrogen-bond acceptors (Lipinski definition) is 5. The monoisotopic (exact) mass is 496 g/mol. The Bertz CT molecular complexity index is 1260. The van der Waals surface area contributed by atoms with Crippen LogP contribution in [-0.2, 0) is 14.8 Å². The van der Waals surface area contributed by atoms with Gasteiger partial charge in [0, 0.05) is 29.1 Å². The van der Waals surface area contributed by atoms with Gasteiger partial charge in [0.1, 0.15) is 0 Å². The Kier molecular flexibility index (Phi) is 7.25. The summed E-state index contributed by atoms with van der Waals surface area (Å²) in [6.07, 6.45) is 0.305. The number of nitrogens with one attached hydrogen (secondary N) is 3. The van der Waals surface area contributed by atoms with E-state index in [0.717, 1.165) is 24.0 Å². The van der Waals surface area contributed by atoms with Crippen LogP contribution in [0.25, 0.3) is 11.1 Å². The van der Waals surface area contributed by atoms with Crippen LogP contribution < -0.4 is 10.0 Å². The molecule has 1 aromatic heterocycles. The Morgan fingerprint density at radius 3 is 2.24 bits per heavy atom. The zero-order chi connectivity index (χ0) is 24.9. The van der Waals surface area contributed by atoms with E-state index in [4.69, 9.17) is 9.90 Å². The predicted octanol–water partition coefficient (Wildman–Crippen LogP) is 3.40. The second kappa shape index (κ2) is 9.95. The number of nitrogens with zero attached hydrogens (tertiary/aromatic N) is 1. The predicted molar refractivity (Wildman–Crippen MR) is 115 cm³/mol. The number of hydrogen-bond donors (Lipinski definition) is 4. The number of aromatic nitrogens is 2. The minimum absolute atomic E-state index is 0.141. The minimum Gasteiger partial charge on any atom is -0.475 e.